The van der Waals surface area contributed by atoms with Crippen LogP contribution in [0.5, 0.6) is 0 Å². The predicted molar refractivity (Wildman–Crippen MR) is 90.8 cm³/mol. The van der Waals surface area contributed by atoms with E-state index < -0.39 is 0 Å². The van der Waals surface area contributed by atoms with Gasteiger partial charge in [-0.3, -0.25) is 14.7 Å². The highest BCUT2D eigenvalue weighted by Gasteiger charge is 2.35. The van der Waals surface area contributed by atoms with E-state index in [2.05, 4.69) is 15.5 Å². The topological polar surface area (TPSA) is 78.1 Å². The highest BCUT2D eigenvalue weighted by atomic mass is 16.2. The lowest BCUT2D eigenvalue weighted by Crippen LogP contribution is -2.28. The highest BCUT2D eigenvalue weighted by molar-refractivity contribution is 6.03. The summed E-state index contributed by atoms with van der Waals surface area (Å²) in [5.41, 5.74) is 3.07. The summed E-state index contributed by atoms with van der Waals surface area (Å²) in [6, 6.07) is 9.68. The Labute approximate surface area is 140 Å². The molecule has 24 heavy (non-hydrogen) atoms. The Morgan fingerprint density at radius 2 is 2.04 bits per heavy atom. The Bertz CT molecular complexity index is 777. The molecule has 1 aliphatic heterocycles. The smallest absolute Gasteiger partial charge is 0.231 e. The van der Waals surface area contributed by atoms with Gasteiger partial charge in [0.15, 0.2) is 5.82 Å². The van der Waals surface area contributed by atoms with Crippen LogP contribution in [0, 0.1) is 12.8 Å². The maximum Gasteiger partial charge on any atom is 0.231 e. The van der Waals surface area contributed by atoms with Crippen molar-refractivity contribution in [2.45, 2.75) is 32.1 Å². The number of carbonyl (C=O) groups is 2. The first-order chi connectivity index (χ1) is 11.6. The summed E-state index contributed by atoms with van der Waals surface area (Å²) in [6.07, 6.45) is 2.59. The molecule has 2 aliphatic rings. The molecule has 2 fully saturated rings. The summed E-state index contributed by atoms with van der Waals surface area (Å²) < 4.78 is 0. The maximum atomic E-state index is 12.4. The van der Waals surface area contributed by atoms with Crippen molar-refractivity contribution >= 4 is 23.3 Å². The number of hydrogen-bond acceptors (Lipinski definition) is 3. The SMILES string of the molecule is Cc1ccc(N2C[C@H](C(=O)Nc3cc(C4CC4)[nH]n3)CC2=O)cc1. The third-order valence-electron chi connectivity index (χ3n) is 4.71. The van der Waals surface area contributed by atoms with Gasteiger partial charge in [0.2, 0.25) is 11.8 Å². The molecule has 2 aromatic rings. The molecule has 0 unspecified atom stereocenters. The van der Waals surface area contributed by atoms with Gasteiger partial charge in [0.1, 0.15) is 0 Å². The Balaban J connectivity index is 1.41. The van der Waals surface area contributed by atoms with E-state index in [1.54, 1.807) is 4.90 Å². The maximum absolute atomic E-state index is 12.4. The van der Waals surface area contributed by atoms with Crippen LogP contribution in [0.3, 0.4) is 0 Å². The number of aromatic amines is 1. The molecule has 6 nitrogen and oxygen atoms in total. The molecule has 0 radical (unpaired) electrons. The molecule has 1 aromatic heterocycles. The van der Waals surface area contributed by atoms with Gasteiger partial charge in [0.25, 0.3) is 0 Å². The average molecular weight is 324 g/mol. The van der Waals surface area contributed by atoms with Gasteiger partial charge in [-0.05, 0) is 31.9 Å². The molecule has 0 spiro atoms. The number of benzene rings is 1. The van der Waals surface area contributed by atoms with Crippen LogP contribution >= 0.6 is 0 Å². The summed E-state index contributed by atoms with van der Waals surface area (Å²) in [6.45, 7) is 2.42. The van der Waals surface area contributed by atoms with Gasteiger partial charge >= 0.3 is 0 Å². The Kier molecular flexibility index (Phi) is 3.59. The lowest BCUT2D eigenvalue weighted by atomic mass is 10.1. The zero-order chi connectivity index (χ0) is 16.7. The molecule has 1 aliphatic carbocycles. The first kappa shape index (κ1) is 14.9. The van der Waals surface area contributed by atoms with E-state index in [1.165, 1.54) is 12.8 Å². The summed E-state index contributed by atoms with van der Waals surface area (Å²) in [7, 11) is 0. The molecule has 124 valence electrons. The molecular formula is C18H20N4O2. The number of rotatable bonds is 4. The van der Waals surface area contributed by atoms with E-state index in [-0.39, 0.29) is 24.2 Å². The van der Waals surface area contributed by atoms with Crippen molar-refractivity contribution in [3.05, 3.63) is 41.6 Å². The number of anilines is 2. The van der Waals surface area contributed by atoms with Crippen molar-refractivity contribution in [3.63, 3.8) is 0 Å². The van der Waals surface area contributed by atoms with E-state index in [9.17, 15) is 9.59 Å². The number of aromatic nitrogens is 2. The van der Waals surface area contributed by atoms with Crippen molar-refractivity contribution in [3.8, 4) is 0 Å². The Hall–Kier alpha value is -2.63. The fourth-order valence-electron chi connectivity index (χ4n) is 3.09. The third kappa shape index (κ3) is 2.91. The number of aryl methyl sites for hydroxylation is 1. The third-order valence-corrected chi connectivity index (χ3v) is 4.71. The Morgan fingerprint density at radius 3 is 2.75 bits per heavy atom. The van der Waals surface area contributed by atoms with Crippen molar-refractivity contribution in [2.24, 2.45) is 5.92 Å². The van der Waals surface area contributed by atoms with Crippen molar-refractivity contribution in [2.75, 3.05) is 16.8 Å². The quantitative estimate of drug-likeness (QED) is 0.907. The first-order valence-electron chi connectivity index (χ1n) is 8.33. The van der Waals surface area contributed by atoms with Crippen LogP contribution in [0.25, 0.3) is 0 Å². The van der Waals surface area contributed by atoms with Gasteiger partial charge in [-0.2, -0.15) is 5.10 Å². The average Bonchev–Trinajstić information content (AvgIpc) is 3.19. The lowest BCUT2D eigenvalue weighted by molar-refractivity contribution is -0.122. The van der Waals surface area contributed by atoms with E-state index in [4.69, 9.17) is 0 Å². The molecule has 6 heteroatoms. The van der Waals surface area contributed by atoms with Crippen LogP contribution in [0.1, 0.15) is 36.4 Å². The fourth-order valence-corrected chi connectivity index (χ4v) is 3.09. The van der Waals surface area contributed by atoms with E-state index in [0.29, 0.717) is 18.3 Å². The minimum atomic E-state index is -0.347. The second kappa shape index (κ2) is 5.78. The van der Waals surface area contributed by atoms with Gasteiger partial charge in [-0.15, -0.1) is 0 Å². The fraction of sp³-hybridized carbons (Fsp3) is 0.389. The number of nitrogens with zero attached hydrogens (tertiary/aromatic N) is 2. The standard InChI is InChI=1S/C18H20N4O2/c1-11-2-6-14(7-3-11)22-10-13(8-17(22)23)18(24)19-16-9-15(20-21-16)12-4-5-12/h2-3,6-7,9,12-13H,4-5,8,10H2,1H3,(H2,19,20,21,24)/t13-/m1/s1. The number of H-pyrrole nitrogens is 1. The van der Waals surface area contributed by atoms with E-state index in [0.717, 1.165) is 16.9 Å². The molecule has 2 heterocycles. The normalized spacial score (nSPS) is 20.5. The minimum absolute atomic E-state index is 0.0142. The van der Waals surface area contributed by atoms with Crippen molar-refractivity contribution < 1.29 is 9.59 Å². The molecule has 1 saturated carbocycles. The number of carbonyl (C=O) groups excluding carboxylic acids is 2. The molecule has 0 bridgehead atoms. The largest absolute Gasteiger partial charge is 0.312 e. The molecule has 4 rings (SSSR count). The second-order valence-corrected chi connectivity index (χ2v) is 6.71. The molecule has 1 atom stereocenters. The Morgan fingerprint density at radius 1 is 1.29 bits per heavy atom. The summed E-state index contributed by atoms with van der Waals surface area (Å²) in [5.74, 6) is 0.600. The van der Waals surface area contributed by atoms with Gasteiger partial charge in [-0.25, -0.2) is 0 Å². The van der Waals surface area contributed by atoms with Crippen LogP contribution in [-0.2, 0) is 9.59 Å². The predicted octanol–water partition coefficient (Wildman–Crippen LogP) is 2.59. The summed E-state index contributed by atoms with van der Waals surface area (Å²) >= 11 is 0. The summed E-state index contributed by atoms with van der Waals surface area (Å²) in [5, 5.41) is 9.94. The van der Waals surface area contributed by atoms with Crippen LogP contribution in [0.2, 0.25) is 0 Å². The zero-order valence-electron chi connectivity index (χ0n) is 13.6. The number of amides is 2. The highest BCUT2D eigenvalue weighted by Crippen LogP contribution is 2.39. The molecule has 2 N–H and O–H groups in total. The second-order valence-electron chi connectivity index (χ2n) is 6.71. The monoisotopic (exact) mass is 324 g/mol. The minimum Gasteiger partial charge on any atom is -0.312 e. The van der Waals surface area contributed by atoms with Gasteiger partial charge < -0.3 is 10.2 Å². The zero-order valence-corrected chi connectivity index (χ0v) is 13.6. The molecular weight excluding hydrogens is 304 g/mol. The molecule has 1 saturated heterocycles. The molecule has 1 aromatic carbocycles. The van der Waals surface area contributed by atoms with E-state index in [1.807, 2.05) is 37.3 Å². The number of hydrogen-bond donors (Lipinski definition) is 2. The number of nitrogens with one attached hydrogen (secondary N) is 2. The van der Waals surface area contributed by atoms with Gasteiger partial charge in [-0.1, -0.05) is 17.7 Å². The van der Waals surface area contributed by atoms with E-state index >= 15 is 0 Å². The van der Waals surface area contributed by atoms with Crippen molar-refractivity contribution in [1.29, 1.82) is 0 Å². The van der Waals surface area contributed by atoms with Crippen LogP contribution in [-0.4, -0.2) is 28.6 Å². The lowest BCUT2D eigenvalue weighted by Gasteiger charge is -2.16. The van der Waals surface area contributed by atoms with Gasteiger partial charge in [0.05, 0.1) is 5.92 Å². The summed E-state index contributed by atoms with van der Waals surface area (Å²) in [4.78, 5) is 26.4. The van der Waals surface area contributed by atoms with Gasteiger partial charge in [0, 0.05) is 36.3 Å². The van der Waals surface area contributed by atoms with Crippen LogP contribution in [0.4, 0.5) is 11.5 Å². The van der Waals surface area contributed by atoms with Crippen LogP contribution in [0.15, 0.2) is 30.3 Å². The van der Waals surface area contributed by atoms with Crippen molar-refractivity contribution in [1.82, 2.24) is 10.2 Å². The first-order valence-corrected chi connectivity index (χ1v) is 8.33. The molecule has 2 amide bonds. The van der Waals surface area contributed by atoms with Crippen LogP contribution < -0.4 is 10.2 Å².